The molecule has 1 aliphatic rings. The molecule has 0 aliphatic carbocycles. The summed E-state index contributed by atoms with van der Waals surface area (Å²) < 4.78 is 0. The molecule has 1 aliphatic heterocycles. The van der Waals surface area contributed by atoms with Gasteiger partial charge in [0.25, 0.3) is 0 Å². The zero-order valence-corrected chi connectivity index (χ0v) is 10.6. The van der Waals surface area contributed by atoms with Gasteiger partial charge in [-0.2, -0.15) is 11.8 Å². The van der Waals surface area contributed by atoms with E-state index in [1.165, 1.54) is 5.75 Å². The van der Waals surface area contributed by atoms with Crippen molar-refractivity contribution in [2.45, 2.75) is 11.7 Å². The number of hydrogen-bond donors (Lipinski definition) is 1. The van der Waals surface area contributed by atoms with Gasteiger partial charge in [0.15, 0.2) is 0 Å². The Hall–Kier alpha value is 0.110. The van der Waals surface area contributed by atoms with Gasteiger partial charge in [0.05, 0.1) is 10.0 Å². The van der Waals surface area contributed by atoms with Crippen molar-refractivity contribution < 1.29 is 0 Å². The fourth-order valence-electron chi connectivity index (χ4n) is 1.70. The molecule has 1 aromatic rings. The zero-order chi connectivity index (χ0) is 10.7. The average molecular weight is 262 g/mol. The molecule has 0 radical (unpaired) electrons. The maximum absolute atomic E-state index is 6.15. The van der Waals surface area contributed by atoms with Crippen molar-refractivity contribution in [1.82, 2.24) is 5.32 Å². The summed E-state index contributed by atoms with van der Waals surface area (Å²) in [6, 6.07) is 5.85. The second kappa shape index (κ2) is 5.44. The van der Waals surface area contributed by atoms with E-state index in [1.54, 1.807) is 0 Å². The van der Waals surface area contributed by atoms with Gasteiger partial charge in [0.1, 0.15) is 0 Å². The lowest BCUT2D eigenvalue weighted by atomic mass is 10.1. The van der Waals surface area contributed by atoms with Crippen LogP contribution in [0.4, 0.5) is 0 Å². The molecule has 2 rings (SSSR count). The van der Waals surface area contributed by atoms with Crippen molar-refractivity contribution in [2.75, 3.05) is 18.8 Å². The summed E-state index contributed by atoms with van der Waals surface area (Å²) in [5.74, 6) is 1.18. The van der Waals surface area contributed by atoms with Crippen LogP contribution < -0.4 is 5.32 Å². The highest BCUT2D eigenvalue weighted by Gasteiger charge is 2.15. The molecule has 0 bridgehead atoms. The SMILES string of the molecule is Clc1cccc(CC2CNCCS2)c1Cl. The molecule has 1 heterocycles. The lowest BCUT2D eigenvalue weighted by Crippen LogP contribution is -2.33. The van der Waals surface area contributed by atoms with E-state index >= 15 is 0 Å². The summed E-state index contributed by atoms with van der Waals surface area (Å²) in [5.41, 5.74) is 1.16. The third-order valence-corrected chi connectivity index (χ3v) is 4.59. The van der Waals surface area contributed by atoms with Crippen LogP contribution in [-0.2, 0) is 6.42 Å². The second-order valence-electron chi connectivity index (χ2n) is 3.61. The Morgan fingerprint density at radius 1 is 1.40 bits per heavy atom. The van der Waals surface area contributed by atoms with E-state index in [-0.39, 0.29) is 0 Å². The van der Waals surface area contributed by atoms with Crippen molar-refractivity contribution in [1.29, 1.82) is 0 Å². The van der Waals surface area contributed by atoms with E-state index < -0.39 is 0 Å². The Morgan fingerprint density at radius 2 is 2.27 bits per heavy atom. The molecule has 1 unspecified atom stereocenters. The van der Waals surface area contributed by atoms with Gasteiger partial charge in [-0.05, 0) is 18.1 Å². The smallest absolute Gasteiger partial charge is 0.0624 e. The minimum absolute atomic E-state index is 0.620. The number of nitrogens with one attached hydrogen (secondary N) is 1. The van der Waals surface area contributed by atoms with Crippen molar-refractivity contribution in [3.63, 3.8) is 0 Å². The van der Waals surface area contributed by atoms with Crippen LogP contribution in [0.15, 0.2) is 18.2 Å². The number of halogens is 2. The molecule has 1 saturated heterocycles. The van der Waals surface area contributed by atoms with E-state index in [9.17, 15) is 0 Å². The summed E-state index contributed by atoms with van der Waals surface area (Å²) in [5, 5.41) is 5.38. The molecule has 0 saturated carbocycles. The summed E-state index contributed by atoms with van der Waals surface area (Å²) >= 11 is 14.1. The fraction of sp³-hybridized carbons (Fsp3) is 0.455. The molecule has 15 heavy (non-hydrogen) atoms. The molecule has 82 valence electrons. The van der Waals surface area contributed by atoms with Crippen LogP contribution >= 0.6 is 35.0 Å². The molecule has 1 atom stereocenters. The Kier molecular flexibility index (Phi) is 4.21. The predicted octanol–water partition coefficient (Wildman–Crippen LogP) is 3.24. The van der Waals surface area contributed by atoms with Crippen LogP contribution in [0, 0.1) is 0 Å². The number of benzene rings is 1. The summed E-state index contributed by atoms with van der Waals surface area (Å²) in [6.07, 6.45) is 0.997. The molecular weight excluding hydrogens is 249 g/mol. The van der Waals surface area contributed by atoms with E-state index in [1.807, 2.05) is 23.9 Å². The van der Waals surface area contributed by atoms with E-state index in [4.69, 9.17) is 23.2 Å². The molecule has 1 fully saturated rings. The molecule has 0 aromatic heterocycles. The quantitative estimate of drug-likeness (QED) is 0.878. The van der Waals surface area contributed by atoms with Crippen LogP contribution in [0.1, 0.15) is 5.56 Å². The van der Waals surface area contributed by atoms with Gasteiger partial charge in [0, 0.05) is 24.1 Å². The summed E-state index contributed by atoms with van der Waals surface area (Å²) in [4.78, 5) is 0. The van der Waals surface area contributed by atoms with Gasteiger partial charge < -0.3 is 5.32 Å². The molecule has 0 amide bonds. The third kappa shape index (κ3) is 3.04. The minimum atomic E-state index is 0.620. The molecule has 0 spiro atoms. The molecule has 1 nitrogen and oxygen atoms in total. The first kappa shape index (κ1) is 11.6. The van der Waals surface area contributed by atoms with Crippen LogP contribution in [0.5, 0.6) is 0 Å². The van der Waals surface area contributed by atoms with E-state index in [0.29, 0.717) is 15.3 Å². The van der Waals surface area contributed by atoms with Crippen LogP contribution in [0.2, 0.25) is 10.0 Å². The van der Waals surface area contributed by atoms with Crippen molar-refractivity contribution >= 4 is 35.0 Å². The highest BCUT2D eigenvalue weighted by molar-refractivity contribution is 8.00. The van der Waals surface area contributed by atoms with Gasteiger partial charge in [-0.25, -0.2) is 0 Å². The normalized spacial score (nSPS) is 21.6. The highest BCUT2D eigenvalue weighted by Crippen LogP contribution is 2.28. The maximum Gasteiger partial charge on any atom is 0.0624 e. The Balaban J connectivity index is 2.06. The van der Waals surface area contributed by atoms with E-state index in [2.05, 4.69) is 11.4 Å². The van der Waals surface area contributed by atoms with Gasteiger partial charge in [0.2, 0.25) is 0 Å². The van der Waals surface area contributed by atoms with Gasteiger partial charge >= 0.3 is 0 Å². The molecule has 1 aromatic carbocycles. The third-order valence-electron chi connectivity index (χ3n) is 2.48. The first-order valence-corrected chi connectivity index (χ1v) is 6.83. The lowest BCUT2D eigenvalue weighted by molar-refractivity contribution is 0.667. The van der Waals surface area contributed by atoms with Gasteiger partial charge in [-0.15, -0.1) is 0 Å². The highest BCUT2D eigenvalue weighted by atomic mass is 35.5. The topological polar surface area (TPSA) is 12.0 Å². The van der Waals surface area contributed by atoms with Crippen LogP contribution in [-0.4, -0.2) is 24.1 Å². The summed E-state index contributed by atoms with van der Waals surface area (Å²) in [6.45, 7) is 2.18. The first-order chi connectivity index (χ1) is 7.27. The van der Waals surface area contributed by atoms with Gasteiger partial charge in [-0.3, -0.25) is 0 Å². The average Bonchev–Trinajstić information content (AvgIpc) is 2.26. The molecular formula is C11H13Cl2NS. The largest absolute Gasteiger partial charge is 0.315 e. The Labute approximate surface area is 105 Å². The van der Waals surface area contributed by atoms with E-state index in [0.717, 1.165) is 25.1 Å². The van der Waals surface area contributed by atoms with Crippen LogP contribution in [0.3, 0.4) is 0 Å². The minimum Gasteiger partial charge on any atom is -0.315 e. The molecule has 4 heteroatoms. The monoisotopic (exact) mass is 261 g/mol. The van der Waals surface area contributed by atoms with Crippen molar-refractivity contribution in [3.8, 4) is 0 Å². The zero-order valence-electron chi connectivity index (χ0n) is 8.30. The summed E-state index contributed by atoms with van der Waals surface area (Å²) in [7, 11) is 0. The van der Waals surface area contributed by atoms with Crippen molar-refractivity contribution in [3.05, 3.63) is 33.8 Å². The Bertz CT molecular complexity index is 337. The first-order valence-electron chi connectivity index (χ1n) is 5.02. The lowest BCUT2D eigenvalue weighted by Gasteiger charge is -2.22. The number of rotatable bonds is 2. The number of hydrogen-bond acceptors (Lipinski definition) is 2. The maximum atomic E-state index is 6.15. The van der Waals surface area contributed by atoms with Crippen LogP contribution in [0.25, 0.3) is 0 Å². The van der Waals surface area contributed by atoms with Gasteiger partial charge in [-0.1, -0.05) is 35.3 Å². The second-order valence-corrected chi connectivity index (χ2v) is 5.81. The fourth-order valence-corrected chi connectivity index (χ4v) is 3.23. The predicted molar refractivity (Wildman–Crippen MR) is 69.3 cm³/mol. The Morgan fingerprint density at radius 3 is 3.00 bits per heavy atom. The molecule has 1 N–H and O–H groups in total. The number of thioether (sulfide) groups is 1. The standard InChI is InChI=1S/C11H13Cl2NS/c12-10-3-1-2-8(11(10)13)6-9-7-14-4-5-15-9/h1-3,9,14H,4-7H2. The van der Waals surface area contributed by atoms with Crippen molar-refractivity contribution in [2.24, 2.45) is 0 Å².